The van der Waals surface area contributed by atoms with E-state index >= 15 is 0 Å². The molecule has 0 aliphatic rings. The zero-order valence-corrected chi connectivity index (χ0v) is 13.0. The van der Waals surface area contributed by atoms with Crippen LogP contribution in [0.3, 0.4) is 0 Å². The highest BCUT2D eigenvalue weighted by Gasteiger charge is 2.07. The minimum absolute atomic E-state index is 0.0668. The number of nitrogens with zero attached hydrogens (tertiary/aromatic N) is 2. The molecule has 0 heterocycles. The molecule has 1 rings (SSSR count). The van der Waals surface area contributed by atoms with Gasteiger partial charge in [-0.05, 0) is 30.0 Å². The van der Waals surface area contributed by atoms with Crippen LogP contribution in [0, 0.1) is 5.92 Å². The molecule has 0 aliphatic heterocycles. The van der Waals surface area contributed by atoms with Crippen molar-refractivity contribution >= 4 is 17.6 Å². The fourth-order valence-electron chi connectivity index (χ4n) is 2.27. The first-order chi connectivity index (χ1) is 10.0. The van der Waals surface area contributed by atoms with E-state index in [-0.39, 0.29) is 11.9 Å². The summed E-state index contributed by atoms with van der Waals surface area (Å²) in [6.45, 7) is 4.50. The van der Waals surface area contributed by atoms with Crippen LogP contribution < -0.4 is 17.2 Å². The SMILES string of the molecule is CCCCC(CC)Cc1ccc(N=C(N)N=C(N)N)cc1. The molecule has 0 spiro atoms. The molecule has 1 aromatic carbocycles. The van der Waals surface area contributed by atoms with Crippen molar-refractivity contribution in [3.05, 3.63) is 29.8 Å². The van der Waals surface area contributed by atoms with Crippen molar-refractivity contribution in [2.45, 2.75) is 46.0 Å². The van der Waals surface area contributed by atoms with Crippen molar-refractivity contribution in [1.82, 2.24) is 0 Å². The Hall–Kier alpha value is -2.04. The summed E-state index contributed by atoms with van der Waals surface area (Å²) >= 11 is 0. The highest BCUT2D eigenvalue weighted by Crippen LogP contribution is 2.20. The first-order valence-electron chi connectivity index (χ1n) is 7.57. The highest BCUT2D eigenvalue weighted by atomic mass is 15.1. The fourth-order valence-corrected chi connectivity index (χ4v) is 2.27. The highest BCUT2D eigenvalue weighted by molar-refractivity contribution is 5.93. The molecule has 0 aliphatic carbocycles. The molecule has 0 bridgehead atoms. The minimum Gasteiger partial charge on any atom is -0.370 e. The van der Waals surface area contributed by atoms with Gasteiger partial charge in [0.1, 0.15) is 0 Å². The molecule has 1 unspecified atom stereocenters. The topological polar surface area (TPSA) is 103 Å². The molecule has 0 saturated carbocycles. The summed E-state index contributed by atoms with van der Waals surface area (Å²) in [5, 5.41) is 0. The lowest BCUT2D eigenvalue weighted by Crippen LogP contribution is -2.26. The van der Waals surface area contributed by atoms with Crippen LogP contribution in [0.15, 0.2) is 34.3 Å². The predicted molar refractivity (Wildman–Crippen MR) is 90.5 cm³/mol. The Morgan fingerprint density at radius 3 is 2.29 bits per heavy atom. The lowest BCUT2D eigenvalue weighted by atomic mass is 9.92. The fraction of sp³-hybridized carbons (Fsp3) is 0.500. The second-order valence-corrected chi connectivity index (χ2v) is 5.29. The van der Waals surface area contributed by atoms with E-state index < -0.39 is 0 Å². The average molecular weight is 289 g/mol. The van der Waals surface area contributed by atoms with E-state index in [0.717, 1.165) is 18.0 Å². The number of nitrogens with two attached hydrogens (primary N) is 3. The molecule has 1 aromatic rings. The van der Waals surface area contributed by atoms with Gasteiger partial charge in [-0.15, -0.1) is 0 Å². The first kappa shape index (κ1) is 17.0. The standard InChI is InChI=1S/C16H27N5/c1-3-5-6-12(4-2)11-13-7-9-14(10-8-13)20-16(19)21-15(17)18/h7-10,12H,3-6,11H2,1-2H3,(H6,17,18,19,20,21). The number of benzene rings is 1. The lowest BCUT2D eigenvalue weighted by Gasteiger charge is -2.14. The van der Waals surface area contributed by atoms with Crippen LogP contribution in [0.5, 0.6) is 0 Å². The maximum absolute atomic E-state index is 5.60. The van der Waals surface area contributed by atoms with Crippen LogP contribution >= 0.6 is 0 Å². The number of unbranched alkanes of at least 4 members (excludes halogenated alkanes) is 1. The van der Waals surface area contributed by atoms with Crippen molar-refractivity contribution < 1.29 is 0 Å². The van der Waals surface area contributed by atoms with Crippen LogP contribution in [-0.4, -0.2) is 11.9 Å². The van der Waals surface area contributed by atoms with E-state index in [1.54, 1.807) is 0 Å². The Balaban J connectivity index is 2.67. The third kappa shape index (κ3) is 6.79. The van der Waals surface area contributed by atoms with Crippen molar-refractivity contribution in [2.24, 2.45) is 33.1 Å². The number of hydrogen-bond donors (Lipinski definition) is 3. The van der Waals surface area contributed by atoms with Gasteiger partial charge >= 0.3 is 0 Å². The molecule has 0 saturated heterocycles. The summed E-state index contributed by atoms with van der Waals surface area (Å²) in [4.78, 5) is 7.83. The van der Waals surface area contributed by atoms with Gasteiger partial charge < -0.3 is 17.2 Å². The van der Waals surface area contributed by atoms with E-state index in [2.05, 4.69) is 36.0 Å². The largest absolute Gasteiger partial charge is 0.370 e. The number of hydrogen-bond acceptors (Lipinski definition) is 1. The summed E-state index contributed by atoms with van der Waals surface area (Å²) in [6, 6.07) is 8.07. The van der Waals surface area contributed by atoms with Crippen molar-refractivity contribution in [1.29, 1.82) is 0 Å². The van der Waals surface area contributed by atoms with Gasteiger partial charge in [0.25, 0.3) is 0 Å². The Kier molecular flexibility index (Phi) is 7.29. The van der Waals surface area contributed by atoms with Crippen LogP contribution in [0.25, 0.3) is 0 Å². The van der Waals surface area contributed by atoms with E-state index in [1.807, 2.05) is 12.1 Å². The second-order valence-electron chi connectivity index (χ2n) is 5.29. The summed E-state index contributed by atoms with van der Waals surface area (Å²) in [6.07, 6.45) is 6.19. The first-order valence-corrected chi connectivity index (χ1v) is 7.57. The molecule has 1 atom stereocenters. The zero-order valence-electron chi connectivity index (χ0n) is 13.0. The maximum atomic E-state index is 5.60. The Morgan fingerprint density at radius 2 is 1.76 bits per heavy atom. The third-order valence-electron chi connectivity index (χ3n) is 3.49. The van der Waals surface area contributed by atoms with E-state index in [9.17, 15) is 0 Å². The summed E-state index contributed by atoms with van der Waals surface area (Å²) < 4.78 is 0. The molecule has 5 nitrogen and oxygen atoms in total. The zero-order chi connectivity index (χ0) is 15.7. The van der Waals surface area contributed by atoms with E-state index in [4.69, 9.17) is 17.2 Å². The molecule has 0 radical (unpaired) electrons. The molecule has 0 amide bonds. The van der Waals surface area contributed by atoms with E-state index in [0.29, 0.717) is 0 Å². The van der Waals surface area contributed by atoms with Gasteiger partial charge in [0, 0.05) is 0 Å². The predicted octanol–water partition coefficient (Wildman–Crippen LogP) is 2.67. The molecule has 5 heteroatoms. The van der Waals surface area contributed by atoms with Gasteiger partial charge in [-0.25, -0.2) is 4.99 Å². The van der Waals surface area contributed by atoms with Gasteiger partial charge in [0.05, 0.1) is 5.69 Å². The summed E-state index contributed by atoms with van der Waals surface area (Å²) in [5.74, 6) is 0.734. The second kappa shape index (κ2) is 9.00. The summed E-state index contributed by atoms with van der Waals surface area (Å²) in [7, 11) is 0. The lowest BCUT2D eigenvalue weighted by molar-refractivity contribution is 0.449. The van der Waals surface area contributed by atoms with Gasteiger partial charge in [-0.2, -0.15) is 4.99 Å². The van der Waals surface area contributed by atoms with Crippen molar-refractivity contribution in [3.63, 3.8) is 0 Å². The summed E-state index contributed by atoms with van der Waals surface area (Å²) in [5.41, 5.74) is 18.2. The molecule has 0 aromatic heterocycles. The van der Waals surface area contributed by atoms with Crippen LogP contribution in [-0.2, 0) is 6.42 Å². The van der Waals surface area contributed by atoms with E-state index in [1.165, 1.54) is 31.2 Å². The van der Waals surface area contributed by atoms with Crippen LogP contribution in [0.4, 0.5) is 5.69 Å². The monoisotopic (exact) mass is 289 g/mol. The quantitative estimate of drug-likeness (QED) is 0.531. The molecular weight excluding hydrogens is 262 g/mol. The molecule has 0 fully saturated rings. The molecule has 116 valence electrons. The molecule has 21 heavy (non-hydrogen) atoms. The minimum atomic E-state index is -0.0884. The van der Waals surface area contributed by atoms with Crippen LogP contribution in [0.1, 0.15) is 45.1 Å². The molecule has 6 N–H and O–H groups in total. The third-order valence-corrected chi connectivity index (χ3v) is 3.49. The maximum Gasteiger partial charge on any atom is 0.223 e. The van der Waals surface area contributed by atoms with Gasteiger partial charge in [0.2, 0.25) is 5.96 Å². The number of rotatable bonds is 7. The number of aliphatic imine (C=N–C) groups is 2. The average Bonchev–Trinajstić information content (AvgIpc) is 2.44. The van der Waals surface area contributed by atoms with Gasteiger partial charge in [-0.1, -0.05) is 51.7 Å². The molecular formula is C16H27N5. The number of guanidine groups is 2. The van der Waals surface area contributed by atoms with Crippen molar-refractivity contribution in [3.8, 4) is 0 Å². The normalized spacial score (nSPS) is 13.0. The van der Waals surface area contributed by atoms with Crippen LogP contribution in [0.2, 0.25) is 0 Å². The smallest absolute Gasteiger partial charge is 0.223 e. The Morgan fingerprint density at radius 1 is 1.10 bits per heavy atom. The Bertz CT molecular complexity index is 472. The van der Waals surface area contributed by atoms with Gasteiger partial charge in [0.15, 0.2) is 5.96 Å². The van der Waals surface area contributed by atoms with Crippen molar-refractivity contribution in [2.75, 3.05) is 0 Å². The van der Waals surface area contributed by atoms with Gasteiger partial charge in [-0.3, -0.25) is 0 Å². The Labute approximate surface area is 127 Å².